The normalized spacial score (nSPS) is 32.8. The van der Waals surface area contributed by atoms with Crippen LogP contribution in [0.1, 0.15) is 34.1 Å². The molecule has 1 N–H and O–H groups in total. The van der Waals surface area contributed by atoms with Gasteiger partial charge in [0.2, 0.25) is 0 Å². The number of hydrogen-bond acceptors (Lipinski definition) is 4. The largest absolute Gasteiger partial charge is 0.468 e. The van der Waals surface area contributed by atoms with Gasteiger partial charge in [-0.15, -0.1) is 0 Å². The first kappa shape index (κ1) is 15.6. The van der Waals surface area contributed by atoms with Crippen molar-refractivity contribution in [3.8, 4) is 0 Å². The molecule has 1 saturated heterocycles. The number of ether oxygens (including phenoxy) is 1. The highest BCUT2D eigenvalue weighted by molar-refractivity contribution is 7.85. The molecule has 4 nitrogen and oxygen atoms in total. The van der Waals surface area contributed by atoms with Gasteiger partial charge in [0.05, 0.1) is 12.4 Å². The smallest absolute Gasteiger partial charge is 0.323 e. The lowest BCUT2D eigenvalue weighted by atomic mass is 9.94. The van der Waals surface area contributed by atoms with Gasteiger partial charge in [0.1, 0.15) is 6.04 Å². The number of carbonyl (C=O) groups is 1. The first-order chi connectivity index (χ1) is 8.36. The summed E-state index contributed by atoms with van der Waals surface area (Å²) in [5.41, 5.74) is 0. The van der Waals surface area contributed by atoms with Crippen molar-refractivity contribution >= 4 is 16.8 Å². The molecule has 1 rings (SSSR count). The lowest BCUT2D eigenvalue weighted by Crippen LogP contribution is -2.60. The van der Waals surface area contributed by atoms with E-state index < -0.39 is 16.8 Å². The van der Waals surface area contributed by atoms with Gasteiger partial charge in [-0.25, -0.2) is 0 Å². The van der Waals surface area contributed by atoms with Crippen LogP contribution >= 0.6 is 0 Å². The lowest BCUT2D eigenvalue weighted by molar-refractivity contribution is -0.142. The van der Waals surface area contributed by atoms with E-state index in [2.05, 4.69) is 33.0 Å². The zero-order valence-electron chi connectivity index (χ0n) is 11.9. The Morgan fingerprint density at radius 1 is 1.39 bits per heavy atom. The Bertz CT molecular complexity index is 317. The fourth-order valence-electron chi connectivity index (χ4n) is 2.62. The molecule has 0 bridgehead atoms. The van der Waals surface area contributed by atoms with Crippen LogP contribution in [0.2, 0.25) is 0 Å². The van der Waals surface area contributed by atoms with Crippen molar-refractivity contribution in [2.24, 2.45) is 11.8 Å². The highest BCUT2D eigenvalue weighted by Crippen LogP contribution is 2.24. The minimum Gasteiger partial charge on any atom is -0.468 e. The number of methoxy groups -OCH3 is 1. The van der Waals surface area contributed by atoms with Gasteiger partial charge in [0.15, 0.2) is 0 Å². The molecule has 0 aromatic carbocycles. The molecule has 0 amide bonds. The van der Waals surface area contributed by atoms with Gasteiger partial charge in [0, 0.05) is 22.6 Å². The van der Waals surface area contributed by atoms with Crippen molar-refractivity contribution < 1.29 is 13.7 Å². The van der Waals surface area contributed by atoms with Gasteiger partial charge >= 0.3 is 5.97 Å². The number of hydrogen-bond donors (Lipinski definition) is 1. The number of nitrogens with one attached hydrogen (secondary N) is 1. The van der Waals surface area contributed by atoms with Crippen LogP contribution in [0.25, 0.3) is 0 Å². The summed E-state index contributed by atoms with van der Waals surface area (Å²) in [6.07, 6.45) is 0.933. The van der Waals surface area contributed by atoms with E-state index >= 15 is 0 Å². The molecule has 1 fully saturated rings. The maximum Gasteiger partial charge on any atom is 0.323 e. The topological polar surface area (TPSA) is 55.4 Å². The second kappa shape index (κ2) is 6.66. The van der Waals surface area contributed by atoms with Crippen LogP contribution in [0.5, 0.6) is 0 Å². The summed E-state index contributed by atoms with van der Waals surface area (Å²) < 4.78 is 17.1. The fourth-order valence-corrected chi connectivity index (χ4v) is 4.56. The quantitative estimate of drug-likeness (QED) is 0.786. The molecule has 0 radical (unpaired) electrons. The van der Waals surface area contributed by atoms with Gasteiger partial charge in [-0.05, 0) is 18.3 Å². The van der Waals surface area contributed by atoms with E-state index in [0.717, 1.165) is 6.42 Å². The van der Waals surface area contributed by atoms with E-state index in [9.17, 15) is 9.00 Å². The molecule has 0 spiro atoms. The summed E-state index contributed by atoms with van der Waals surface area (Å²) in [7, 11) is 0.404. The molecule has 0 aromatic heterocycles. The number of carbonyl (C=O) groups excluding carboxylic acids is 1. The molecule has 1 aliphatic heterocycles. The first-order valence-corrected chi connectivity index (χ1v) is 7.96. The molecule has 18 heavy (non-hydrogen) atoms. The third kappa shape index (κ3) is 3.79. The zero-order valence-corrected chi connectivity index (χ0v) is 12.8. The van der Waals surface area contributed by atoms with Gasteiger partial charge in [0.25, 0.3) is 0 Å². The van der Waals surface area contributed by atoms with Crippen LogP contribution in [0.4, 0.5) is 0 Å². The van der Waals surface area contributed by atoms with Crippen molar-refractivity contribution in [2.45, 2.75) is 51.4 Å². The van der Waals surface area contributed by atoms with Crippen LogP contribution in [0, 0.1) is 11.8 Å². The lowest BCUT2D eigenvalue weighted by Gasteiger charge is -2.38. The Labute approximate surface area is 112 Å². The predicted octanol–water partition coefficient (Wildman–Crippen LogP) is 1.32. The Morgan fingerprint density at radius 2 is 2.00 bits per heavy atom. The minimum absolute atomic E-state index is 0.119. The van der Waals surface area contributed by atoms with Crippen LogP contribution in [0.15, 0.2) is 0 Å². The van der Waals surface area contributed by atoms with E-state index in [-0.39, 0.29) is 17.3 Å². The maximum atomic E-state index is 12.3. The van der Waals surface area contributed by atoms with Crippen molar-refractivity contribution in [1.29, 1.82) is 0 Å². The molecule has 4 unspecified atom stereocenters. The monoisotopic (exact) mass is 275 g/mol. The van der Waals surface area contributed by atoms with E-state index in [0.29, 0.717) is 17.6 Å². The Balaban J connectivity index is 2.84. The first-order valence-electron chi connectivity index (χ1n) is 6.57. The van der Waals surface area contributed by atoms with Crippen molar-refractivity contribution in [1.82, 2.24) is 5.32 Å². The standard InChI is InChI=1S/C13H25NO3S/c1-8(2)6-10-12(9(3)4)18(16)7-11(14-10)13(15)17-5/h8-12,14H,6-7H2,1-5H3. The molecule has 4 atom stereocenters. The summed E-state index contributed by atoms with van der Waals surface area (Å²) in [4.78, 5) is 11.6. The predicted molar refractivity (Wildman–Crippen MR) is 73.8 cm³/mol. The van der Waals surface area contributed by atoms with E-state index in [4.69, 9.17) is 4.74 Å². The summed E-state index contributed by atoms with van der Waals surface area (Å²) >= 11 is 0. The van der Waals surface area contributed by atoms with Crippen molar-refractivity contribution in [2.75, 3.05) is 12.9 Å². The molecule has 0 saturated carbocycles. The van der Waals surface area contributed by atoms with Crippen molar-refractivity contribution in [3.05, 3.63) is 0 Å². The maximum absolute atomic E-state index is 12.3. The van der Waals surface area contributed by atoms with Gasteiger partial charge < -0.3 is 4.74 Å². The average Bonchev–Trinajstić information content (AvgIpc) is 2.25. The van der Waals surface area contributed by atoms with Crippen molar-refractivity contribution in [3.63, 3.8) is 0 Å². The Hall–Kier alpha value is -0.420. The second-order valence-corrected chi connectivity index (χ2v) is 7.37. The van der Waals surface area contributed by atoms with E-state index in [1.54, 1.807) is 0 Å². The highest BCUT2D eigenvalue weighted by Gasteiger charge is 2.40. The highest BCUT2D eigenvalue weighted by atomic mass is 32.2. The molecular formula is C13H25NO3S. The zero-order chi connectivity index (χ0) is 13.9. The summed E-state index contributed by atoms with van der Waals surface area (Å²) in [5.74, 6) is 0.918. The molecule has 0 aliphatic carbocycles. The molecule has 0 aromatic rings. The SMILES string of the molecule is COC(=O)C1CS(=O)C(C(C)C)C(CC(C)C)N1. The number of esters is 1. The summed E-state index contributed by atoms with van der Waals surface area (Å²) in [6, 6.07) is -0.293. The third-order valence-electron chi connectivity index (χ3n) is 3.31. The molecule has 106 valence electrons. The van der Waals surface area contributed by atoms with E-state index in [1.807, 2.05) is 0 Å². The Morgan fingerprint density at radius 3 is 2.44 bits per heavy atom. The number of rotatable bonds is 4. The van der Waals surface area contributed by atoms with E-state index in [1.165, 1.54) is 7.11 Å². The minimum atomic E-state index is -0.970. The molecule has 1 aliphatic rings. The molecule has 1 heterocycles. The van der Waals surface area contributed by atoms with Crippen LogP contribution < -0.4 is 5.32 Å². The molecule has 5 heteroatoms. The average molecular weight is 275 g/mol. The Kier molecular flexibility index (Phi) is 5.79. The summed E-state index contributed by atoms with van der Waals surface area (Å²) in [6.45, 7) is 8.47. The second-order valence-electron chi connectivity index (χ2n) is 5.73. The van der Waals surface area contributed by atoms with Gasteiger partial charge in [-0.1, -0.05) is 27.7 Å². The van der Waals surface area contributed by atoms with Gasteiger partial charge in [-0.2, -0.15) is 0 Å². The summed E-state index contributed by atoms with van der Waals surface area (Å²) in [5, 5.41) is 3.45. The molecular weight excluding hydrogens is 250 g/mol. The van der Waals surface area contributed by atoms with Gasteiger partial charge in [-0.3, -0.25) is 14.3 Å². The van der Waals surface area contributed by atoms with Crippen LogP contribution in [-0.4, -0.2) is 40.4 Å². The third-order valence-corrected chi connectivity index (χ3v) is 5.46. The van der Waals surface area contributed by atoms with Crippen LogP contribution in [0.3, 0.4) is 0 Å². The fraction of sp³-hybridized carbons (Fsp3) is 0.923. The van der Waals surface area contributed by atoms with Crippen LogP contribution in [-0.2, 0) is 20.3 Å².